The molecule has 29 heavy (non-hydrogen) atoms. The van der Waals surface area contributed by atoms with Crippen molar-refractivity contribution in [1.82, 2.24) is 0 Å². The maximum atomic E-state index is 9.94. The number of allylic oxidation sites excluding steroid dienone is 5. The van der Waals surface area contributed by atoms with Crippen LogP contribution < -0.4 is 0 Å². The van der Waals surface area contributed by atoms with E-state index < -0.39 is 17.8 Å². The summed E-state index contributed by atoms with van der Waals surface area (Å²) in [5, 5.41) is 29.7. The largest absolute Gasteiger partial charge is 0.393 e. The van der Waals surface area contributed by atoms with Crippen molar-refractivity contribution in [2.45, 2.75) is 96.9 Å². The van der Waals surface area contributed by atoms with Gasteiger partial charge in [-0.2, -0.15) is 0 Å². The third-order valence-corrected chi connectivity index (χ3v) is 7.02. The van der Waals surface area contributed by atoms with Crippen LogP contribution in [0.15, 0.2) is 34.9 Å². The van der Waals surface area contributed by atoms with Crippen LogP contribution in [-0.2, 0) is 0 Å². The molecular formula is C26H38O3. The molecule has 0 amide bonds. The Morgan fingerprint density at radius 3 is 2.59 bits per heavy atom. The maximum absolute atomic E-state index is 9.94. The summed E-state index contributed by atoms with van der Waals surface area (Å²) >= 11 is 0. The molecule has 3 aliphatic carbocycles. The molecule has 3 nitrogen and oxygen atoms in total. The van der Waals surface area contributed by atoms with Crippen molar-refractivity contribution in [3.05, 3.63) is 34.9 Å². The van der Waals surface area contributed by atoms with Crippen molar-refractivity contribution in [2.24, 2.45) is 17.3 Å². The lowest BCUT2D eigenvalue weighted by Crippen LogP contribution is -2.32. The predicted octanol–water partition coefficient (Wildman–Crippen LogP) is 4.68. The molecule has 160 valence electrons. The van der Waals surface area contributed by atoms with Crippen molar-refractivity contribution in [3.63, 3.8) is 0 Å². The van der Waals surface area contributed by atoms with Gasteiger partial charge in [0.1, 0.15) is 5.60 Å². The van der Waals surface area contributed by atoms with E-state index in [0.717, 1.165) is 24.8 Å². The fraction of sp³-hybridized carbons (Fsp3) is 0.692. The van der Waals surface area contributed by atoms with E-state index in [2.05, 4.69) is 43.9 Å². The van der Waals surface area contributed by atoms with E-state index in [0.29, 0.717) is 31.1 Å². The monoisotopic (exact) mass is 398 g/mol. The Balaban J connectivity index is 1.72. The first-order valence-electron chi connectivity index (χ1n) is 11.3. The molecule has 0 bridgehead atoms. The summed E-state index contributed by atoms with van der Waals surface area (Å²) in [7, 11) is 0. The van der Waals surface area contributed by atoms with Crippen LogP contribution in [0.25, 0.3) is 0 Å². The number of aliphatic hydroxyl groups excluding tert-OH is 2. The van der Waals surface area contributed by atoms with Crippen LogP contribution in [-0.4, -0.2) is 33.1 Å². The average molecular weight is 399 g/mol. The van der Waals surface area contributed by atoms with E-state index in [1.54, 1.807) is 13.8 Å². The second-order valence-corrected chi connectivity index (χ2v) is 10.2. The van der Waals surface area contributed by atoms with Crippen LogP contribution >= 0.6 is 0 Å². The summed E-state index contributed by atoms with van der Waals surface area (Å²) in [6, 6.07) is 0. The molecule has 2 fully saturated rings. The zero-order valence-corrected chi connectivity index (χ0v) is 18.5. The third-order valence-electron chi connectivity index (χ3n) is 7.02. The molecule has 0 spiro atoms. The van der Waals surface area contributed by atoms with Gasteiger partial charge in [-0.3, -0.25) is 0 Å². The van der Waals surface area contributed by atoms with E-state index in [1.165, 1.54) is 24.0 Å². The molecule has 3 N–H and O–H groups in total. The smallest absolute Gasteiger partial charge is 0.119 e. The molecule has 0 radical (unpaired) electrons. The molecule has 5 atom stereocenters. The van der Waals surface area contributed by atoms with E-state index in [4.69, 9.17) is 0 Å². The third kappa shape index (κ3) is 5.43. The summed E-state index contributed by atoms with van der Waals surface area (Å²) in [4.78, 5) is 0. The molecule has 3 rings (SSSR count). The second kappa shape index (κ2) is 8.80. The molecule has 0 saturated heterocycles. The lowest BCUT2D eigenvalue weighted by Gasteiger charge is -2.42. The highest BCUT2D eigenvalue weighted by Gasteiger charge is 2.45. The number of aliphatic hydroxyl groups is 3. The minimum Gasteiger partial charge on any atom is -0.393 e. The number of rotatable bonds is 3. The molecule has 0 aromatic carbocycles. The summed E-state index contributed by atoms with van der Waals surface area (Å²) < 4.78 is 0. The summed E-state index contributed by atoms with van der Waals surface area (Å²) in [6.45, 7) is 8.15. The normalized spacial score (nSPS) is 34.9. The summed E-state index contributed by atoms with van der Waals surface area (Å²) in [6.07, 6.45) is 13.4. The SMILES string of the molecule is C[C@H](CC#CC(C)(C)O)C1=CC[C@H]2/C(=C/C=C3C[C@@H](O)C[C@H](O)C3)CCC[C@]12C. The fourth-order valence-electron chi connectivity index (χ4n) is 5.68. The van der Waals surface area contributed by atoms with Crippen LogP contribution in [0.3, 0.4) is 0 Å². The standard InChI is InChI=1S/C26H38O3/c1-18(7-5-13-25(2,3)29)23-11-12-24-20(8-6-14-26(23,24)4)10-9-19-15-21(27)17-22(28)16-19/h9-11,18,21-22,24,27-29H,6-8,12,14-17H2,1-4H3/b20-10+/t18-,21-,22-,24+,26-/m1/s1. The van der Waals surface area contributed by atoms with Gasteiger partial charge < -0.3 is 15.3 Å². The van der Waals surface area contributed by atoms with Crippen LogP contribution in [0.5, 0.6) is 0 Å². The van der Waals surface area contributed by atoms with Crippen molar-refractivity contribution in [1.29, 1.82) is 0 Å². The first-order chi connectivity index (χ1) is 13.6. The quantitative estimate of drug-likeness (QED) is 0.478. The molecule has 3 aliphatic rings. The predicted molar refractivity (Wildman–Crippen MR) is 118 cm³/mol. The van der Waals surface area contributed by atoms with E-state index in [1.807, 2.05) is 0 Å². The number of fused-ring (bicyclic) bond motifs is 1. The first kappa shape index (κ1) is 22.3. The minimum atomic E-state index is -0.926. The number of hydrogen-bond donors (Lipinski definition) is 3. The van der Waals surface area contributed by atoms with Gasteiger partial charge in [-0.1, -0.05) is 60.6 Å². The number of hydrogen-bond acceptors (Lipinski definition) is 3. The molecule has 3 heteroatoms. The van der Waals surface area contributed by atoms with Gasteiger partial charge >= 0.3 is 0 Å². The van der Waals surface area contributed by atoms with Gasteiger partial charge in [-0.15, -0.1) is 0 Å². The Kier molecular flexibility index (Phi) is 6.78. The lowest BCUT2D eigenvalue weighted by atomic mass is 9.62. The Bertz CT molecular complexity index is 743. The van der Waals surface area contributed by atoms with Gasteiger partial charge in [0, 0.05) is 6.42 Å². The molecule has 0 aliphatic heterocycles. The van der Waals surface area contributed by atoms with Crippen molar-refractivity contribution in [2.75, 3.05) is 0 Å². The molecule has 0 heterocycles. The molecule has 2 saturated carbocycles. The Labute approximate surface area is 176 Å². The highest BCUT2D eigenvalue weighted by atomic mass is 16.3. The van der Waals surface area contributed by atoms with Crippen molar-refractivity contribution < 1.29 is 15.3 Å². The molecule has 0 aromatic heterocycles. The van der Waals surface area contributed by atoms with Crippen molar-refractivity contribution >= 4 is 0 Å². The van der Waals surface area contributed by atoms with E-state index in [9.17, 15) is 15.3 Å². The van der Waals surface area contributed by atoms with Gasteiger partial charge in [-0.25, -0.2) is 0 Å². The van der Waals surface area contributed by atoms with Gasteiger partial charge in [0.05, 0.1) is 12.2 Å². The topological polar surface area (TPSA) is 60.7 Å². The maximum Gasteiger partial charge on any atom is 0.119 e. The molecule has 0 unspecified atom stereocenters. The van der Waals surface area contributed by atoms with E-state index in [-0.39, 0.29) is 5.41 Å². The first-order valence-corrected chi connectivity index (χ1v) is 11.3. The van der Waals surface area contributed by atoms with Gasteiger partial charge in [-0.05, 0) is 76.0 Å². The van der Waals surface area contributed by atoms with Crippen LogP contribution in [0.2, 0.25) is 0 Å². The highest BCUT2D eigenvalue weighted by molar-refractivity contribution is 5.35. The average Bonchev–Trinajstić information content (AvgIpc) is 2.95. The highest BCUT2D eigenvalue weighted by Crippen LogP contribution is 2.56. The van der Waals surface area contributed by atoms with Gasteiger partial charge in [0.2, 0.25) is 0 Å². The minimum absolute atomic E-state index is 0.198. The van der Waals surface area contributed by atoms with Crippen LogP contribution in [0.1, 0.15) is 79.1 Å². The molecule has 0 aromatic rings. The fourth-order valence-corrected chi connectivity index (χ4v) is 5.68. The van der Waals surface area contributed by atoms with Crippen LogP contribution in [0, 0.1) is 29.1 Å². The Morgan fingerprint density at radius 1 is 1.24 bits per heavy atom. The van der Waals surface area contributed by atoms with Crippen LogP contribution in [0.4, 0.5) is 0 Å². The zero-order chi connectivity index (χ0) is 21.2. The van der Waals surface area contributed by atoms with Crippen molar-refractivity contribution in [3.8, 4) is 11.8 Å². The lowest BCUT2D eigenvalue weighted by molar-refractivity contribution is 0.0609. The van der Waals surface area contributed by atoms with Gasteiger partial charge in [0.15, 0.2) is 0 Å². The van der Waals surface area contributed by atoms with Gasteiger partial charge in [0.25, 0.3) is 0 Å². The Hall–Kier alpha value is -1.34. The second-order valence-electron chi connectivity index (χ2n) is 10.2. The molecular weight excluding hydrogens is 360 g/mol. The zero-order valence-electron chi connectivity index (χ0n) is 18.5. The summed E-state index contributed by atoms with van der Waals surface area (Å²) in [5.74, 6) is 7.09. The summed E-state index contributed by atoms with van der Waals surface area (Å²) in [5.41, 5.74) is 3.49. The van der Waals surface area contributed by atoms with E-state index >= 15 is 0 Å². The Morgan fingerprint density at radius 2 is 1.93 bits per heavy atom.